The van der Waals surface area contributed by atoms with Crippen LogP contribution in [0.4, 0.5) is 0 Å². The molecule has 0 bridgehead atoms. The lowest BCUT2D eigenvalue weighted by Gasteiger charge is -2.16. The molecule has 4 nitrogen and oxygen atoms in total. The third-order valence-electron chi connectivity index (χ3n) is 5.12. The van der Waals surface area contributed by atoms with E-state index in [-0.39, 0.29) is 28.6 Å². The van der Waals surface area contributed by atoms with Gasteiger partial charge in [-0.3, -0.25) is 4.79 Å². The Hall–Kier alpha value is -2.75. The van der Waals surface area contributed by atoms with Crippen LogP contribution in [-0.2, 0) is 0 Å². The molecular weight excluding hydrogens is 304 g/mol. The molecule has 0 saturated heterocycles. The number of ketones is 1. The maximum absolute atomic E-state index is 12.5. The summed E-state index contributed by atoms with van der Waals surface area (Å²) in [4.78, 5) is 12.5. The van der Waals surface area contributed by atoms with Gasteiger partial charge in [-0.25, -0.2) is 0 Å². The van der Waals surface area contributed by atoms with Gasteiger partial charge in [0, 0.05) is 0 Å². The number of phenols is 2. The van der Waals surface area contributed by atoms with E-state index in [0.29, 0.717) is 0 Å². The van der Waals surface area contributed by atoms with Crippen LogP contribution in [0.2, 0.25) is 0 Å². The van der Waals surface area contributed by atoms with E-state index in [4.69, 9.17) is 4.74 Å². The fourth-order valence-electron chi connectivity index (χ4n) is 3.10. The van der Waals surface area contributed by atoms with Crippen LogP contribution in [0.5, 0.6) is 17.2 Å². The van der Waals surface area contributed by atoms with Gasteiger partial charge in [0.1, 0.15) is 0 Å². The molecule has 4 heteroatoms. The summed E-state index contributed by atoms with van der Waals surface area (Å²) in [6.45, 7) is 10.3. The Morgan fingerprint density at radius 2 is 1.42 bits per heavy atom. The first-order valence-corrected chi connectivity index (χ1v) is 7.80. The summed E-state index contributed by atoms with van der Waals surface area (Å²) < 4.78 is 5.56. The van der Waals surface area contributed by atoms with E-state index in [0.717, 1.165) is 16.7 Å². The highest BCUT2D eigenvalue weighted by Gasteiger charge is 2.31. The quantitative estimate of drug-likeness (QED) is 0.608. The highest BCUT2D eigenvalue weighted by Crippen LogP contribution is 2.44. The molecule has 0 fully saturated rings. The van der Waals surface area contributed by atoms with Gasteiger partial charge < -0.3 is 14.9 Å². The average molecular weight is 324 g/mol. The standard InChI is InChI=1S/C20H20O4/c1-9-10(2)12(4)15(13(5)11(9)3)8-17-18(22)14-6-7-16(21)19(23)20(14)24-17/h6-8,21,23H,1-5H3. The number of fused-ring (bicyclic) bond motifs is 1. The smallest absolute Gasteiger partial charge is 0.232 e. The van der Waals surface area contributed by atoms with E-state index in [2.05, 4.69) is 20.8 Å². The number of Topliss-reactive ketones (excluding diaryl/α,β-unsaturated/α-hetero) is 1. The number of allylic oxidation sites excluding steroid dienone is 1. The SMILES string of the molecule is Cc1c(C)c(C)c(C=C2Oc3c(ccc(O)c3O)C2=O)c(C)c1C. The molecule has 0 spiro atoms. The number of hydrogen-bond donors (Lipinski definition) is 2. The molecule has 0 aromatic heterocycles. The summed E-state index contributed by atoms with van der Waals surface area (Å²) in [5, 5.41) is 19.5. The van der Waals surface area contributed by atoms with Gasteiger partial charge >= 0.3 is 0 Å². The highest BCUT2D eigenvalue weighted by molar-refractivity contribution is 6.15. The summed E-state index contributed by atoms with van der Waals surface area (Å²) in [6, 6.07) is 2.74. The molecule has 0 radical (unpaired) electrons. The van der Waals surface area contributed by atoms with E-state index in [1.807, 2.05) is 13.8 Å². The Labute approximate surface area is 141 Å². The first-order chi connectivity index (χ1) is 11.2. The van der Waals surface area contributed by atoms with Gasteiger partial charge in [-0.05, 0) is 86.2 Å². The first kappa shape index (κ1) is 16.1. The second kappa shape index (κ2) is 5.41. The Morgan fingerprint density at radius 3 is 2.00 bits per heavy atom. The second-order valence-electron chi connectivity index (χ2n) is 6.29. The molecule has 2 aromatic rings. The molecule has 0 unspecified atom stereocenters. The molecule has 0 aliphatic carbocycles. The number of rotatable bonds is 1. The van der Waals surface area contributed by atoms with Crippen molar-refractivity contribution in [3.8, 4) is 17.2 Å². The van der Waals surface area contributed by atoms with Crippen molar-refractivity contribution in [3.63, 3.8) is 0 Å². The van der Waals surface area contributed by atoms with Crippen molar-refractivity contribution in [2.24, 2.45) is 0 Å². The van der Waals surface area contributed by atoms with Gasteiger partial charge in [0.15, 0.2) is 17.3 Å². The van der Waals surface area contributed by atoms with Gasteiger partial charge in [-0.15, -0.1) is 0 Å². The van der Waals surface area contributed by atoms with E-state index < -0.39 is 5.75 Å². The number of carbonyl (C=O) groups excluding carboxylic acids is 1. The molecule has 1 aliphatic rings. The monoisotopic (exact) mass is 324 g/mol. The fraction of sp³-hybridized carbons (Fsp3) is 0.250. The van der Waals surface area contributed by atoms with Crippen molar-refractivity contribution in [2.75, 3.05) is 0 Å². The number of aromatic hydroxyl groups is 2. The van der Waals surface area contributed by atoms with Gasteiger partial charge in [-0.1, -0.05) is 0 Å². The fourth-order valence-corrected chi connectivity index (χ4v) is 3.10. The molecule has 0 amide bonds. The predicted molar refractivity (Wildman–Crippen MR) is 92.8 cm³/mol. The number of hydrogen-bond acceptors (Lipinski definition) is 4. The lowest BCUT2D eigenvalue weighted by molar-refractivity contribution is 0.101. The van der Waals surface area contributed by atoms with E-state index in [9.17, 15) is 15.0 Å². The van der Waals surface area contributed by atoms with E-state index in [1.165, 1.54) is 28.8 Å². The van der Waals surface area contributed by atoms with Crippen LogP contribution in [0.1, 0.15) is 43.7 Å². The van der Waals surface area contributed by atoms with Crippen molar-refractivity contribution in [1.29, 1.82) is 0 Å². The van der Waals surface area contributed by atoms with Crippen molar-refractivity contribution in [1.82, 2.24) is 0 Å². The summed E-state index contributed by atoms with van der Waals surface area (Å²) in [5.74, 6) is -0.844. The third kappa shape index (κ3) is 2.18. The molecule has 2 aromatic carbocycles. The highest BCUT2D eigenvalue weighted by atomic mass is 16.5. The predicted octanol–water partition coefficient (Wildman–Crippen LogP) is 4.26. The largest absolute Gasteiger partial charge is 0.504 e. The molecule has 1 heterocycles. The Bertz CT molecular complexity index is 891. The van der Waals surface area contributed by atoms with Crippen LogP contribution < -0.4 is 4.74 Å². The minimum atomic E-state index is -0.408. The van der Waals surface area contributed by atoms with Crippen LogP contribution >= 0.6 is 0 Å². The van der Waals surface area contributed by atoms with Gasteiger partial charge in [0.25, 0.3) is 0 Å². The van der Waals surface area contributed by atoms with E-state index >= 15 is 0 Å². The zero-order valence-electron chi connectivity index (χ0n) is 14.4. The number of benzene rings is 2. The van der Waals surface area contributed by atoms with Gasteiger partial charge in [-0.2, -0.15) is 0 Å². The molecule has 24 heavy (non-hydrogen) atoms. The van der Waals surface area contributed by atoms with Crippen LogP contribution in [0.3, 0.4) is 0 Å². The third-order valence-corrected chi connectivity index (χ3v) is 5.12. The van der Waals surface area contributed by atoms with Crippen LogP contribution in [0.25, 0.3) is 6.08 Å². The maximum Gasteiger partial charge on any atom is 0.232 e. The minimum absolute atomic E-state index is 0.0158. The van der Waals surface area contributed by atoms with Crippen LogP contribution in [0, 0.1) is 34.6 Å². The molecule has 124 valence electrons. The minimum Gasteiger partial charge on any atom is -0.504 e. The summed E-state index contributed by atoms with van der Waals surface area (Å²) in [5.41, 5.74) is 7.03. The zero-order chi connectivity index (χ0) is 17.8. The van der Waals surface area contributed by atoms with Crippen molar-refractivity contribution < 1.29 is 19.7 Å². The van der Waals surface area contributed by atoms with Crippen molar-refractivity contribution >= 4 is 11.9 Å². The molecule has 2 N–H and O–H groups in total. The molecule has 0 saturated carbocycles. The molecule has 1 aliphatic heterocycles. The normalized spacial score (nSPS) is 14.9. The summed E-state index contributed by atoms with van der Waals surface area (Å²) in [7, 11) is 0. The van der Waals surface area contributed by atoms with Gasteiger partial charge in [0.05, 0.1) is 5.56 Å². The zero-order valence-corrected chi connectivity index (χ0v) is 14.4. The van der Waals surface area contributed by atoms with Crippen LogP contribution in [0.15, 0.2) is 17.9 Å². The van der Waals surface area contributed by atoms with Crippen molar-refractivity contribution in [2.45, 2.75) is 34.6 Å². The van der Waals surface area contributed by atoms with E-state index in [1.54, 1.807) is 6.08 Å². The molecule has 0 atom stereocenters. The van der Waals surface area contributed by atoms with Gasteiger partial charge in [0.2, 0.25) is 11.5 Å². The first-order valence-electron chi connectivity index (χ1n) is 7.80. The second-order valence-corrected chi connectivity index (χ2v) is 6.29. The summed E-state index contributed by atoms with van der Waals surface area (Å²) in [6.07, 6.45) is 1.73. The Morgan fingerprint density at radius 1 is 0.875 bits per heavy atom. The topological polar surface area (TPSA) is 66.8 Å². The number of phenolic OH excluding ortho intramolecular Hbond substituents is 2. The Balaban J connectivity index is 2.16. The summed E-state index contributed by atoms with van der Waals surface area (Å²) >= 11 is 0. The lowest BCUT2D eigenvalue weighted by atomic mass is 9.89. The maximum atomic E-state index is 12.5. The molecule has 3 rings (SSSR count). The number of ether oxygens (including phenoxy) is 1. The average Bonchev–Trinajstić information content (AvgIpc) is 2.88. The Kier molecular flexibility index (Phi) is 3.63. The lowest BCUT2D eigenvalue weighted by Crippen LogP contribution is -2.03. The molecular formula is C20H20O4. The van der Waals surface area contributed by atoms with Crippen molar-refractivity contribution in [3.05, 3.63) is 56.8 Å². The van der Waals surface area contributed by atoms with Crippen LogP contribution in [-0.4, -0.2) is 16.0 Å². The number of carbonyl (C=O) groups is 1.